The maximum Gasteiger partial charge on any atom is 0.122 e. The van der Waals surface area contributed by atoms with E-state index in [9.17, 15) is 0 Å². The van der Waals surface area contributed by atoms with Gasteiger partial charge in [-0.05, 0) is 43.1 Å². The van der Waals surface area contributed by atoms with Gasteiger partial charge in [-0.3, -0.25) is 0 Å². The van der Waals surface area contributed by atoms with E-state index in [1.807, 2.05) is 18.2 Å². The Kier molecular flexibility index (Phi) is 9.71. The Morgan fingerprint density at radius 1 is 1.00 bits per heavy atom. The normalized spacial score (nSPS) is 10.6. The molecule has 0 unspecified atom stereocenters. The first kappa shape index (κ1) is 17.8. The standard InChI is InChI=1S/C18H31NO2/c1-3-4-5-6-7-8-9-14-21-18-11-10-17(20-2)15-16(18)12-13-19/h10-11,15H,3-9,12-14,19H2,1-2H3. The van der Waals surface area contributed by atoms with Crippen LogP contribution in [0.2, 0.25) is 0 Å². The number of hydrogen-bond acceptors (Lipinski definition) is 3. The summed E-state index contributed by atoms with van der Waals surface area (Å²) in [5, 5.41) is 0. The van der Waals surface area contributed by atoms with Crippen molar-refractivity contribution in [2.24, 2.45) is 5.73 Å². The maximum absolute atomic E-state index is 5.91. The molecule has 120 valence electrons. The first-order chi connectivity index (χ1) is 10.3. The first-order valence-corrected chi connectivity index (χ1v) is 8.31. The van der Waals surface area contributed by atoms with Gasteiger partial charge in [-0.15, -0.1) is 0 Å². The van der Waals surface area contributed by atoms with Crippen LogP contribution >= 0.6 is 0 Å². The molecule has 0 aliphatic carbocycles. The van der Waals surface area contributed by atoms with Crippen molar-refractivity contribution >= 4 is 0 Å². The maximum atomic E-state index is 5.91. The fourth-order valence-electron chi connectivity index (χ4n) is 2.42. The highest BCUT2D eigenvalue weighted by molar-refractivity contribution is 5.40. The molecule has 21 heavy (non-hydrogen) atoms. The van der Waals surface area contributed by atoms with Crippen molar-refractivity contribution in [1.82, 2.24) is 0 Å². The molecule has 0 fully saturated rings. The number of rotatable bonds is 12. The van der Waals surface area contributed by atoms with Crippen molar-refractivity contribution in [1.29, 1.82) is 0 Å². The van der Waals surface area contributed by atoms with Crippen LogP contribution in [0.25, 0.3) is 0 Å². The Labute approximate surface area is 129 Å². The second-order valence-corrected chi connectivity index (χ2v) is 5.48. The molecule has 0 radical (unpaired) electrons. The summed E-state index contributed by atoms with van der Waals surface area (Å²) in [5.74, 6) is 1.81. The zero-order valence-corrected chi connectivity index (χ0v) is 13.7. The summed E-state index contributed by atoms with van der Waals surface area (Å²) < 4.78 is 11.2. The number of benzene rings is 1. The molecule has 1 aromatic carbocycles. The van der Waals surface area contributed by atoms with Gasteiger partial charge in [-0.1, -0.05) is 45.4 Å². The third kappa shape index (κ3) is 7.37. The molecule has 1 rings (SSSR count). The number of hydrogen-bond donors (Lipinski definition) is 1. The van der Waals surface area contributed by atoms with Crippen LogP contribution in [0.3, 0.4) is 0 Å². The van der Waals surface area contributed by atoms with E-state index in [2.05, 4.69) is 6.92 Å². The predicted octanol–water partition coefficient (Wildman–Crippen LogP) is 4.33. The van der Waals surface area contributed by atoms with E-state index in [0.717, 1.165) is 36.5 Å². The van der Waals surface area contributed by atoms with E-state index in [-0.39, 0.29) is 0 Å². The Hall–Kier alpha value is -1.22. The lowest BCUT2D eigenvalue weighted by molar-refractivity contribution is 0.300. The van der Waals surface area contributed by atoms with E-state index in [4.69, 9.17) is 15.2 Å². The number of ether oxygens (including phenoxy) is 2. The van der Waals surface area contributed by atoms with Gasteiger partial charge < -0.3 is 15.2 Å². The monoisotopic (exact) mass is 293 g/mol. The molecule has 1 aromatic rings. The molecule has 0 atom stereocenters. The van der Waals surface area contributed by atoms with Crippen molar-refractivity contribution in [2.45, 2.75) is 58.3 Å². The Morgan fingerprint density at radius 3 is 2.38 bits per heavy atom. The summed E-state index contributed by atoms with van der Waals surface area (Å²) in [6, 6.07) is 5.96. The van der Waals surface area contributed by atoms with Crippen molar-refractivity contribution in [3.8, 4) is 11.5 Å². The lowest BCUT2D eigenvalue weighted by Gasteiger charge is -2.12. The molecule has 3 nitrogen and oxygen atoms in total. The van der Waals surface area contributed by atoms with Crippen molar-refractivity contribution in [3.63, 3.8) is 0 Å². The summed E-state index contributed by atoms with van der Waals surface area (Å²) in [6.45, 7) is 3.67. The van der Waals surface area contributed by atoms with Crippen LogP contribution in [0, 0.1) is 0 Å². The lowest BCUT2D eigenvalue weighted by Crippen LogP contribution is -2.06. The van der Waals surface area contributed by atoms with E-state index in [1.165, 1.54) is 38.5 Å². The highest BCUT2D eigenvalue weighted by Crippen LogP contribution is 2.24. The van der Waals surface area contributed by atoms with Crippen LogP contribution in [-0.2, 0) is 6.42 Å². The largest absolute Gasteiger partial charge is 0.497 e. The minimum absolute atomic E-state index is 0.626. The van der Waals surface area contributed by atoms with Gasteiger partial charge in [-0.25, -0.2) is 0 Å². The molecule has 0 aromatic heterocycles. The topological polar surface area (TPSA) is 44.5 Å². The molecule has 0 saturated heterocycles. The average molecular weight is 293 g/mol. The van der Waals surface area contributed by atoms with Gasteiger partial charge in [0.15, 0.2) is 0 Å². The van der Waals surface area contributed by atoms with E-state index in [0.29, 0.717) is 6.54 Å². The second-order valence-electron chi connectivity index (χ2n) is 5.48. The van der Waals surface area contributed by atoms with Gasteiger partial charge in [-0.2, -0.15) is 0 Å². The number of unbranched alkanes of at least 4 members (excludes halogenated alkanes) is 6. The number of nitrogens with two attached hydrogens (primary N) is 1. The summed E-state index contributed by atoms with van der Waals surface area (Å²) in [6.07, 6.45) is 9.93. The molecular weight excluding hydrogens is 262 g/mol. The van der Waals surface area contributed by atoms with Crippen molar-refractivity contribution < 1.29 is 9.47 Å². The van der Waals surface area contributed by atoms with E-state index >= 15 is 0 Å². The molecule has 0 aliphatic heterocycles. The highest BCUT2D eigenvalue weighted by Gasteiger charge is 2.05. The summed E-state index contributed by atoms with van der Waals surface area (Å²) in [5.41, 5.74) is 6.80. The fourth-order valence-corrected chi connectivity index (χ4v) is 2.42. The molecule has 0 saturated carbocycles. The Bertz CT molecular complexity index is 379. The van der Waals surface area contributed by atoms with Gasteiger partial charge >= 0.3 is 0 Å². The number of methoxy groups -OCH3 is 1. The molecule has 2 N–H and O–H groups in total. The molecule has 0 aliphatic rings. The van der Waals surface area contributed by atoms with Crippen LogP contribution < -0.4 is 15.2 Å². The zero-order chi connectivity index (χ0) is 15.3. The smallest absolute Gasteiger partial charge is 0.122 e. The molecule has 0 bridgehead atoms. The lowest BCUT2D eigenvalue weighted by atomic mass is 10.1. The van der Waals surface area contributed by atoms with Gasteiger partial charge in [0, 0.05) is 0 Å². The quantitative estimate of drug-likeness (QED) is 0.583. The Morgan fingerprint density at radius 2 is 1.71 bits per heavy atom. The summed E-state index contributed by atoms with van der Waals surface area (Å²) in [4.78, 5) is 0. The predicted molar refractivity (Wildman–Crippen MR) is 89.2 cm³/mol. The van der Waals surface area contributed by atoms with E-state index in [1.54, 1.807) is 7.11 Å². The molecule has 3 heteroatoms. The Balaban J connectivity index is 2.27. The van der Waals surface area contributed by atoms with Gasteiger partial charge in [0.2, 0.25) is 0 Å². The average Bonchev–Trinajstić information content (AvgIpc) is 2.51. The SMILES string of the molecule is CCCCCCCCCOc1ccc(OC)cc1CCN. The van der Waals surface area contributed by atoms with Crippen LogP contribution in [-0.4, -0.2) is 20.3 Å². The molecular formula is C18H31NO2. The minimum Gasteiger partial charge on any atom is -0.497 e. The van der Waals surface area contributed by atoms with Crippen molar-refractivity contribution in [2.75, 3.05) is 20.3 Å². The second kappa shape index (κ2) is 11.4. The van der Waals surface area contributed by atoms with Gasteiger partial charge in [0.05, 0.1) is 13.7 Å². The highest BCUT2D eigenvalue weighted by atomic mass is 16.5. The van der Waals surface area contributed by atoms with Crippen LogP contribution in [0.4, 0.5) is 0 Å². The van der Waals surface area contributed by atoms with Crippen LogP contribution in [0.5, 0.6) is 11.5 Å². The zero-order valence-electron chi connectivity index (χ0n) is 13.7. The molecule has 0 spiro atoms. The molecule has 0 amide bonds. The van der Waals surface area contributed by atoms with Crippen LogP contribution in [0.15, 0.2) is 18.2 Å². The minimum atomic E-state index is 0.626. The third-order valence-electron chi connectivity index (χ3n) is 3.69. The fraction of sp³-hybridized carbons (Fsp3) is 0.667. The van der Waals surface area contributed by atoms with E-state index < -0.39 is 0 Å². The van der Waals surface area contributed by atoms with Gasteiger partial charge in [0.25, 0.3) is 0 Å². The summed E-state index contributed by atoms with van der Waals surface area (Å²) >= 11 is 0. The molecule has 0 heterocycles. The summed E-state index contributed by atoms with van der Waals surface area (Å²) in [7, 11) is 1.68. The van der Waals surface area contributed by atoms with Crippen LogP contribution in [0.1, 0.15) is 57.4 Å². The van der Waals surface area contributed by atoms with Crippen molar-refractivity contribution in [3.05, 3.63) is 23.8 Å². The third-order valence-corrected chi connectivity index (χ3v) is 3.69. The van der Waals surface area contributed by atoms with Gasteiger partial charge in [0.1, 0.15) is 11.5 Å². The first-order valence-electron chi connectivity index (χ1n) is 8.31.